The average molecular weight is 491 g/mol. The molecule has 0 bridgehead atoms. The van der Waals surface area contributed by atoms with Crippen molar-refractivity contribution in [2.45, 2.75) is 26.9 Å². The van der Waals surface area contributed by atoms with Gasteiger partial charge in [-0.3, -0.25) is 4.79 Å². The molecule has 3 aromatic rings. The summed E-state index contributed by atoms with van der Waals surface area (Å²) >= 11 is 6.62. The Morgan fingerprint density at radius 1 is 0.857 bits per heavy atom. The minimum Gasteiger partial charge on any atom is -0.368 e. The van der Waals surface area contributed by atoms with Gasteiger partial charge >= 0.3 is 0 Å². The molecule has 1 heterocycles. The molecular formula is C29H35ClN4O. The molecule has 0 atom stereocenters. The van der Waals surface area contributed by atoms with E-state index in [2.05, 4.69) is 70.3 Å². The molecule has 6 heteroatoms. The van der Waals surface area contributed by atoms with Gasteiger partial charge in [0.2, 0.25) is 0 Å². The number of para-hydroxylation sites is 1. The molecule has 0 unspecified atom stereocenters. The van der Waals surface area contributed by atoms with E-state index < -0.39 is 0 Å². The predicted molar refractivity (Wildman–Crippen MR) is 147 cm³/mol. The van der Waals surface area contributed by atoms with Crippen molar-refractivity contribution in [3.63, 3.8) is 0 Å². The molecule has 1 saturated heterocycles. The molecule has 0 aliphatic carbocycles. The fourth-order valence-electron chi connectivity index (χ4n) is 4.77. The van der Waals surface area contributed by atoms with Gasteiger partial charge in [0.05, 0.1) is 10.6 Å². The van der Waals surface area contributed by atoms with Crippen LogP contribution in [-0.2, 0) is 13.1 Å². The van der Waals surface area contributed by atoms with Crippen molar-refractivity contribution in [1.29, 1.82) is 0 Å². The van der Waals surface area contributed by atoms with Crippen LogP contribution < -0.4 is 15.1 Å². The number of piperazine rings is 1. The molecule has 5 nitrogen and oxygen atoms in total. The van der Waals surface area contributed by atoms with Gasteiger partial charge in [0.1, 0.15) is 0 Å². The van der Waals surface area contributed by atoms with Crippen LogP contribution in [0.3, 0.4) is 0 Å². The first-order chi connectivity index (χ1) is 16.8. The Hall–Kier alpha value is -3.02. The molecule has 184 valence electrons. The lowest BCUT2D eigenvalue weighted by Crippen LogP contribution is -2.47. The number of aryl methyl sites for hydroxylation is 2. The third-order valence-corrected chi connectivity index (χ3v) is 6.86. The molecule has 4 rings (SSSR count). The number of amides is 1. The van der Waals surface area contributed by atoms with Gasteiger partial charge in [-0.15, -0.1) is 0 Å². The van der Waals surface area contributed by atoms with Crippen LogP contribution >= 0.6 is 11.6 Å². The number of hydrogen-bond donors (Lipinski definition) is 1. The summed E-state index contributed by atoms with van der Waals surface area (Å²) in [5.74, 6) is -0.146. The van der Waals surface area contributed by atoms with E-state index in [-0.39, 0.29) is 5.91 Å². The summed E-state index contributed by atoms with van der Waals surface area (Å²) in [5, 5.41) is 3.53. The van der Waals surface area contributed by atoms with Crippen LogP contribution in [0.15, 0.2) is 60.7 Å². The van der Waals surface area contributed by atoms with Crippen LogP contribution in [0.5, 0.6) is 0 Å². The molecule has 0 aromatic heterocycles. The van der Waals surface area contributed by atoms with Gasteiger partial charge < -0.3 is 20.0 Å². The lowest BCUT2D eigenvalue weighted by Gasteiger charge is -2.38. The zero-order valence-corrected chi connectivity index (χ0v) is 21.9. The predicted octanol–water partition coefficient (Wildman–Crippen LogP) is 5.28. The molecule has 1 aliphatic rings. The fraction of sp³-hybridized carbons (Fsp3) is 0.345. The highest BCUT2D eigenvalue weighted by Gasteiger charge is 2.21. The third kappa shape index (κ3) is 6.16. The summed E-state index contributed by atoms with van der Waals surface area (Å²) in [6.45, 7) is 9.30. The summed E-state index contributed by atoms with van der Waals surface area (Å²) in [6, 6.07) is 20.7. The van der Waals surface area contributed by atoms with E-state index in [1.807, 2.05) is 38.4 Å². The van der Waals surface area contributed by atoms with Crippen LogP contribution in [0.2, 0.25) is 5.02 Å². The summed E-state index contributed by atoms with van der Waals surface area (Å²) in [5.41, 5.74) is 7.61. The summed E-state index contributed by atoms with van der Waals surface area (Å²) in [7, 11) is 4.10. The van der Waals surface area contributed by atoms with Gasteiger partial charge in [0.15, 0.2) is 0 Å². The van der Waals surface area contributed by atoms with Crippen molar-refractivity contribution in [3.05, 3.63) is 93.5 Å². The molecule has 1 aliphatic heterocycles. The SMILES string of the molecule is Cc1ccccc1N1CCN(c2cc(Cl)c(C(=O)NCc3cccc(CN(C)C)c3)cc2C)CC1. The summed E-state index contributed by atoms with van der Waals surface area (Å²) in [4.78, 5) is 19.9. The number of anilines is 2. The number of carbonyl (C=O) groups excluding carboxylic acids is 1. The van der Waals surface area contributed by atoms with Gasteiger partial charge in [-0.05, 0) is 68.4 Å². The first-order valence-electron chi connectivity index (χ1n) is 12.2. The smallest absolute Gasteiger partial charge is 0.253 e. The van der Waals surface area contributed by atoms with Gasteiger partial charge in [-0.25, -0.2) is 0 Å². The maximum Gasteiger partial charge on any atom is 0.253 e. The van der Waals surface area contributed by atoms with Crippen LogP contribution in [0, 0.1) is 13.8 Å². The molecule has 3 aromatic carbocycles. The van der Waals surface area contributed by atoms with Gasteiger partial charge in [-0.2, -0.15) is 0 Å². The van der Waals surface area contributed by atoms with E-state index in [4.69, 9.17) is 11.6 Å². The molecular weight excluding hydrogens is 456 g/mol. The third-order valence-electron chi connectivity index (χ3n) is 6.55. The molecule has 1 N–H and O–H groups in total. The zero-order chi connectivity index (χ0) is 24.9. The maximum atomic E-state index is 12.9. The lowest BCUT2D eigenvalue weighted by molar-refractivity contribution is 0.0951. The zero-order valence-electron chi connectivity index (χ0n) is 21.1. The molecule has 1 amide bonds. The first-order valence-corrected chi connectivity index (χ1v) is 12.6. The second-order valence-electron chi connectivity index (χ2n) is 9.62. The van der Waals surface area contributed by atoms with Gasteiger partial charge in [0.25, 0.3) is 5.91 Å². The van der Waals surface area contributed by atoms with Crippen molar-refractivity contribution in [2.75, 3.05) is 50.1 Å². The topological polar surface area (TPSA) is 38.8 Å². The van der Waals surface area contributed by atoms with Crippen LogP contribution in [-0.4, -0.2) is 51.1 Å². The number of halogens is 1. The number of benzene rings is 3. The largest absolute Gasteiger partial charge is 0.368 e. The lowest BCUT2D eigenvalue weighted by atomic mass is 10.1. The fourth-order valence-corrected chi connectivity index (χ4v) is 5.02. The quantitative estimate of drug-likeness (QED) is 0.489. The Bertz CT molecular complexity index is 1190. The normalized spacial score (nSPS) is 13.9. The van der Waals surface area contributed by atoms with Crippen LogP contribution in [0.25, 0.3) is 0 Å². The van der Waals surface area contributed by atoms with E-state index in [0.717, 1.165) is 49.5 Å². The van der Waals surface area contributed by atoms with E-state index in [0.29, 0.717) is 17.1 Å². The highest BCUT2D eigenvalue weighted by Crippen LogP contribution is 2.30. The minimum absolute atomic E-state index is 0.146. The monoisotopic (exact) mass is 490 g/mol. The molecule has 0 spiro atoms. The van der Waals surface area contributed by atoms with Gasteiger partial charge in [-0.1, -0.05) is 54.1 Å². The van der Waals surface area contributed by atoms with Crippen molar-refractivity contribution < 1.29 is 4.79 Å². The first kappa shape index (κ1) is 25.1. The minimum atomic E-state index is -0.146. The Labute approximate surface area is 214 Å². The van der Waals surface area contributed by atoms with Gasteiger partial charge in [0, 0.05) is 50.6 Å². The van der Waals surface area contributed by atoms with E-state index >= 15 is 0 Å². The Balaban J connectivity index is 1.40. The number of carbonyl (C=O) groups is 1. The number of hydrogen-bond acceptors (Lipinski definition) is 4. The van der Waals surface area contributed by atoms with Crippen molar-refractivity contribution in [2.24, 2.45) is 0 Å². The Morgan fingerprint density at radius 2 is 1.51 bits per heavy atom. The van der Waals surface area contributed by atoms with E-state index in [1.165, 1.54) is 16.8 Å². The van der Waals surface area contributed by atoms with E-state index in [1.54, 1.807) is 0 Å². The number of nitrogens with one attached hydrogen (secondary N) is 1. The summed E-state index contributed by atoms with van der Waals surface area (Å²) in [6.07, 6.45) is 0. The van der Waals surface area contributed by atoms with Crippen LogP contribution in [0.1, 0.15) is 32.6 Å². The number of rotatable bonds is 7. The van der Waals surface area contributed by atoms with Crippen LogP contribution in [0.4, 0.5) is 11.4 Å². The van der Waals surface area contributed by atoms with E-state index in [9.17, 15) is 4.79 Å². The van der Waals surface area contributed by atoms with Crippen molar-refractivity contribution >= 4 is 28.9 Å². The summed E-state index contributed by atoms with van der Waals surface area (Å²) < 4.78 is 0. The second kappa shape index (κ2) is 11.1. The molecule has 1 fully saturated rings. The Kier molecular flexibility index (Phi) is 7.99. The number of nitrogens with zero attached hydrogens (tertiary/aromatic N) is 3. The molecule has 0 saturated carbocycles. The van der Waals surface area contributed by atoms with Crippen molar-refractivity contribution in [1.82, 2.24) is 10.2 Å². The maximum absolute atomic E-state index is 12.9. The standard InChI is InChI=1S/C29H35ClN4O/c1-21-8-5-6-11-27(21)33-12-14-34(15-13-33)28-18-26(30)25(16-22(28)2)29(35)31-19-23-9-7-10-24(17-23)20-32(3)4/h5-11,16-18H,12-15,19-20H2,1-4H3,(H,31,35). The highest BCUT2D eigenvalue weighted by atomic mass is 35.5. The molecule has 0 radical (unpaired) electrons. The molecule has 35 heavy (non-hydrogen) atoms. The highest BCUT2D eigenvalue weighted by molar-refractivity contribution is 6.34. The Morgan fingerprint density at radius 3 is 2.20 bits per heavy atom. The van der Waals surface area contributed by atoms with Crippen molar-refractivity contribution in [3.8, 4) is 0 Å². The second-order valence-corrected chi connectivity index (χ2v) is 10.0. The average Bonchev–Trinajstić information content (AvgIpc) is 2.84.